The van der Waals surface area contributed by atoms with E-state index in [1.807, 2.05) is 6.07 Å². The van der Waals surface area contributed by atoms with Gasteiger partial charge in [0.2, 0.25) is 0 Å². The molecule has 20 heavy (non-hydrogen) atoms. The van der Waals surface area contributed by atoms with Gasteiger partial charge in [0.1, 0.15) is 0 Å². The molecule has 1 aromatic rings. The first-order chi connectivity index (χ1) is 9.60. The van der Waals surface area contributed by atoms with Crippen LogP contribution in [0.3, 0.4) is 0 Å². The molecule has 2 rings (SSSR count). The minimum absolute atomic E-state index is 0.390. The lowest BCUT2D eigenvalue weighted by Crippen LogP contribution is -2.29. The first-order valence-corrected chi connectivity index (χ1v) is 6.24. The van der Waals surface area contributed by atoms with Gasteiger partial charge in [0.05, 0.1) is 24.7 Å². The molecule has 0 amide bonds. The van der Waals surface area contributed by atoms with Crippen LogP contribution in [-0.2, 0) is 9.53 Å². The van der Waals surface area contributed by atoms with Gasteiger partial charge in [0, 0.05) is 29.7 Å². The van der Waals surface area contributed by atoms with Crippen molar-refractivity contribution < 1.29 is 9.53 Å². The molecule has 2 unspecified atom stereocenters. The Morgan fingerprint density at radius 3 is 2.75 bits per heavy atom. The molecule has 2 heterocycles. The van der Waals surface area contributed by atoms with Crippen LogP contribution < -0.4 is 0 Å². The summed E-state index contributed by atoms with van der Waals surface area (Å²) < 4.78 is 4.84. The Balaban J connectivity index is 2.62. The molecule has 5 nitrogen and oxygen atoms in total. The molecule has 5 heteroatoms. The maximum atomic E-state index is 12.0. The van der Waals surface area contributed by atoms with Crippen LogP contribution in [0.1, 0.15) is 25.3 Å². The number of aliphatic imine (C=N–C) groups is 1. The smallest absolute Gasteiger partial charge is 0.336 e. The number of aromatic nitrogens is 1. The Kier molecular flexibility index (Phi) is 3.94. The zero-order valence-electron chi connectivity index (χ0n) is 11.6. The predicted octanol–water partition coefficient (Wildman–Crippen LogP) is 2.23. The molecule has 0 aliphatic carbocycles. The lowest BCUT2D eigenvalue weighted by atomic mass is 9.77. The molecule has 0 radical (unpaired) electrons. The lowest BCUT2D eigenvalue weighted by molar-refractivity contribution is -0.136. The molecular formula is C15H15N3O2. The Labute approximate surface area is 117 Å². The van der Waals surface area contributed by atoms with Crippen LogP contribution in [0.5, 0.6) is 0 Å². The summed E-state index contributed by atoms with van der Waals surface area (Å²) in [7, 11) is 1.33. The Morgan fingerprint density at radius 2 is 2.20 bits per heavy atom. The highest BCUT2D eigenvalue weighted by atomic mass is 16.5. The van der Waals surface area contributed by atoms with Crippen molar-refractivity contribution >= 4 is 11.7 Å². The standard InChI is InChI=1S/C15H15N3O2/c1-9-12(7-16)14(11-5-4-6-17-8-11)13(10(2)18-9)15(19)20-3/h4-6,8,12,14H,1-3H3. The second kappa shape index (κ2) is 5.66. The largest absolute Gasteiger partial charge is 0.466 e. The summed E-state index contributed by atoms with van der Waals surface area (Å²) >= 11 is 0. The highest BCUT2D eigenvalue weighted by molar-refractivity contribution is 5.98. The van der Waals surface area contributed by atoms with E-state index in [2.05, 4.69) is 16.0 Å². The number of methoxy groups -OCH3 is 1. The van der Waals surface area contributed by atoms with Gasteiger partial charge >= 0.3 is 5.97 Å². The fourth-order valence-electron chi connectivity index (χ4n) is 2.50. The van der Waals surface area contributed by atoms with Crippen LogP contribution in [0.4, 0.5) is 0 Å². The molecule has 1 aliphatic rings. The van der Waals surface area contributed by atoms with Crippen LogP contribution in [0.25, 0.3) is 0 Å². The lowest BCUT2D eigenvalue weighted by Gasteiger charge is -2.28. The third-order valence-electron chi connectivity index (χ3n) is 3.42. The van der Waals surface area contributed by atoms with Crippen molar-refractivity contribution in [3.05, 3.63) is 41.4 Å². The topological polar surface area (TPSA) is 75.3 Å². The number of rotatable bonds is 2. The summed E-state index contributed by atoms with van der Waals surface area (Å²) in [6.07, 6.45) is 3.33. The molecule has 0 saturated heterocycles. The van der Waals surface area contributed by atoms with Gasteiger partial charge in [-0.2, -0.15) is 5.26 Å². The normalized spacial score (nSPS) is 22.0. The second-order valence-electron chi connectivity index (χ2n) is 4.61. The molecule has 1 aliphatic heterocycles. The monoisotopic (exact) mass is 269 g/mol. The molecule has 2 atom stereocenters. The maximum absolute atomic E-state index is 12.0. The van der Waals surface area contributed by atoms with Gasteiger partial charge in [-0.15, -0.1) is 0 Å². The average Bonchev–Trinajstić information content (AvgIpc) is 2.46. The van der Waals surface area contributed by atoms with Gasteiger partial charge in [-0.1, -0.05) is 6.07 Å². The second-order valence-corrected chi connectivity index (χ2v) is 4.61. The van der Waals surface area contributed by atoms with E-state index in [-0.39, 0.29) is 0 Å². The van der Waals surface area contributed by atoms with Crippen LogP contribution in [0.15, 0.2) is 40.8 Å². The SMILES string of the molecule is COC(=O)C1=C(C)N=C(C)C(C#N)C1c1cccnc1. The zero-order chi connectivity index (χ0) is 14.7. The van der Waals surface area contributed by atoms with Gasteiger partial charge in [0.15, 0.2) is 0 Å². The van der Waals surface area contributed by atoms with Gasteiger partial charge < -0.3 is 4.74 Å². The quantitative estimate of drug-likeness (QED) is 0.771. The molecule has 0 aromatic carbocycles. The van der Waals surface area contributed by atoms with E-state index in [9.17, 15) is 10.1 Å². The number of carbonyl (C=O) groups excluding carboxylic acids is 1. The molecule has 0 saturated carbocycles. The van der Waals surface area contributed by atoms with Crippen molar-refractivity contribution in [3.63, 3.8) is 0 Å². The molecule has 0 spiro atoms. The van der Waals surface area contributed by atoms with Gasteiger partial charge in [-0.05, 0) is 25.5 Å². The molecular weight excluding hydrogens is 254 g/mol. The number of hydrogen-bond donors (Lipinski definition) is 0. The fraction of sp³-hybridized carbons (Fsp3) is 0.333. The highest BCUT2D eigenvalue weighted by Crippen LogP contribution is 2.38. The maximum Gasteiger partial charge on any atom is 0.336 e. The molecule has 0 N–H and O–H groups in total. The number of esters is 1. The molecule has 1 aromatic heterocycles. The number of nitriles is 1. The van der Waals surface area contributed by atoms with Crippen molar-refractivity contribution in [1.29, 1.82) is 5.26 Å². The van der Waals surface area contributed by atoms with Crippen molar-refractivity contribution in [2.24, 2.45) is 10.9 Å². The molecule has 102 valence electrons. The van der Waals surface area contributed by atoms with E-state index in [1.165, 1.54) is 7.11 Å². The number of pyridine rings is 1. The first kappa shape index (κ1) is 13.9. The van der Waals surface area contributed by atoms with Gasteiger partial charge in [0.25, 0.3) is 0 Å². The van der Waals surface area contributed by atoms with Crippen molar-refractivity contribution in [2.75, 3.05) is 7.11 Å². The summed E-state index contributed by atoms with van der Waals surface area (Å²) in [5, 5.41) is 9.43. The number of nitrogens with zero attached hydrogens (tertiary/aromatic N) is 3. The van der Waals surface area contributed by atoms with Crippen molar-refractivity contribution in [1.82, 2.24) is 4.98 Å². The van der Waals surface area contributed by atoms with Gasteiger partial charge in [-0.3, -0.25) is 9.98 Å². The third-order valence-corrected chi connectivity index (χ3v) is 3.42. The van der Waals surface area contributed by atoms with Crippen LogP contribution in [0.2, 0.25) is 0 Å². The fourth-order valence-corrected chi connectivity index (χ4v) is 2.50. The zero-order valence-corrected chi connectivity index (χ0v) is 11.6. The minimum atomic E-state index is -0.489. The van der Waals surface area contributed by atoms with Crippen LogP contribution in [0, 0.1) is 17.2 Å². The summed E-state index contributed by atoms with van der Waals surface area (Å²) in [6.45, 7) is 3.56. The summed E-state index contributed by atoms with van der Waals surface area (Å²) in [5.41, 5.74) is 2.53. The van der Waals surface area contributed by atoms with E-state index < -0.39 is 17.8 Å². The van der Waals surface area contributed by atoms with E-state index in [0.29, 0.717) is 17.0 Å². The van der Waals surface area contributed by atoms with Crippen molar-refractivity contribution in [2.45, 2.75) is 19.8 Å². The third kappa shape index (κ3) is 2.32. The van der Waals surface area contributed by atoms with E-state index in [0.717, 1.165) is 5.56 Å². The first-order valence-electron chi connectivity index (χ1n) is 6.24. The number of allylic oxidation sites excluding steroid dienone is 1. The average molecular weight is 269 g/mol. The minimum Gasteiger partial charge on any atom is -0.466 e. The molecule has 0 bridgehead atoms. The Hall–Kier alpha value is -2.48. The summed E-state index contributed by atoms with van der Waals surface area (Å²) in [5.74, 6) is -1.33. The van der Waals surface area contributed by atoms with Crippen LogP contribution >= 0.6 is 0 Å². The number of hydrogen-bond acceptors (Lipinski definition) is 5. The number of carbonyl (C=O) groups is 1. The summed E-state index contributed by atoms with van der Waals surface area (Å²) in [6, 6.07) is 5.88. The Morgan fingerprint density at radius 1 is 1.45 bits per heavy atom. The highest BCUT2D eigenvalue weighted by Gasteiger charge is 2.37. The van der Waals surface area contributed by atoms with Crippen LogP contribution in [-0.4, -0.2) is 23.8 Å². The van der Waals surface area contributed by atoms with Crippen molar-refractivity contribution in [3.8, 4) is 6.07 Å². The summed E-state index contributed by atoms with van der Waals surface area (Å²) in [4.78, 5) is 20.4. The predicted molar refractivity (Wildman–Crippen MR) is 73.9 cm³/mol. The number of ether oxygens (including phenoxy) is 1. The van der Waals surface area contributed by atoms with E-state index in [1.54, 1.807) is 32.3 Å². The van der Waals surface area contributed by atoms with Gasteiger partial charge in [-0.25, -0.2) is 4.79 Å². The Bertz CT molecular complexity index is 626. The van der Waals surface area contributed by atoms with E-state index >= 15 is 0 Å². The molecule has 0 fully saturated rings. The van der Waals surface area contributed by atoms with E-state index in [4.69, 9.17) is 4.74 Å².